The van der Waals surface area contributed by atoms with Gasteiger partial charge < -0.3 is 26.5 Å². The van der Waals surface area contributed by atoms with Gasteiger partial charge in [0.15, 0.2) is 0 Å². The van der Waals surface area contributed by atoms with Gasteiger partial charge >= 0.3 is 0 Å². The van der Waals surface area contributed by atoms with Gasteiger partial charge in [0, 0.05) is 0 Å². The first kappa shape index (κ1) is 8.38. The molecule has 1 aliphatic rings. The molecular weight excluding hydrogens is 116 g/mol. The average molecular weight is 120 g/mol. The summed E-state index contributed by atoms with van der Waals surface area (Å²) in [4.78, 5) is 1.50. The normalized spacial score (nSPS) is 14.2. The summed E-state index contributed by atoms with van der Waals surface area (Å²) >= 11 is 0. The number of nitrogens with zero attached hydrogens (tertiary/aromatic N) is 3. The van der Waals surface area contributed by atoms with Crippen molar-refractivity contribution in [3.05, 3.63) is 16.0 Å². The topological polar surface area (TPSA) is 94.8 Å². The lowest BCUT2D eigenvalue weighted by molar-refractivity contribution is 1.28. The zero-order chi connectivity index (χ0) is 6.95. The standard InChI is InChI=1S/B3H3N3.N3/c1-4-2-6-3-5-1;1-3-2/h4-6H;/q;-1. The van der Waals surface area contributed by atoms with Gasteiger partial charge in [-0.15, -0.1) is 0 Å². The lowest BCUT2D eigenvalue weighted by Crippen LogP contribution is -2.55. The largest absolute Gasteiger partial charge is 0.379 e. The van der Waals surface area contributed by atoms with Gasteiger partial charge in [0.25, 0.3) is 22.6 Å². The Morgan fingerprint density at radius 2 is 1.11 bits per heavy atom. The molecule has 1 heterocycles. The maximum absolute atomic E-state index is 6.75. The molecule has 6 nitrogen and oxygen atoms in total. The van der Waals surface area contributed by atoms with Crippen molar-refractivity contribution in [1.29, 1.82) is 0 Å². The summed E-state index contributed by atoms with van der Waals surface area (Å²) in [6.07, 6.45) is 0. The van der Waals surface area contributed by atoms with E-state index in [2.05, 4.69) is 15.4 Å². The SMILES string of the molecule is [B]1N[B]N[B]N1.[N-]=[N+]=[N-]. The Labute approximate surface area is 55.0 Å². The molecule has 0 spiro atoms. The molecule has 0 aliphatic carbocycles. The minimum atomic E-state index is 1.50. The maximum Gasteiger partial charge on any atom is 0.284 e. The molecule has 0 saturated carbocycles. The van der Waals surface area contributed by atoms with E-state index in [0.717, 1.165) is 0 Å². The van der Waals surface area contributed by atoms with Gasteiger partial charge in [-0.25, -0.2) is 0 Å². The van der Waals surface area contributed by atoms with Crippen LogP contribution < -0.4 is 15.4 Å². The van der Waals surface area contributed by atoms with Crippen molar-refractivity contribution in [1.82, 2.24) is 15.4 Å². The van der Waals surface area contributed by atoms with Crippen LogP contribution in [0, 0.1) is 0 Å². The fourth-order valence-electron chi connectivity index (χ4n) is 0.269. The maximum atomic E-state index is 6.75. The summed E-state index contributed by atoms with van der Waals surface area (Å²) in [6, 6.07) is 0. The third-order valence-corrected chi connectivity index (χ3v) is 0.500. The lowest BCUT2D eigenvalue weighted by Gasteiger charge is -2.07. The number of hydrogen-bond donors (Lipinski definition) is 3. The van der Waals surface area contributed by atoms with Gasteiger partial charge in [0.2, 0.25) is 0 Å². The number of nitrogens with one attached hydrogen (secondary N) is 3. The van der Waals surface area contributed by atoms with Gasteiger partial charge in [-0.1, -0.05) is 0 Å². The zero-order valence-electron chi connectivity index (χ0n) is 4.57. The molecule has 0 atom stereocenters. The Bertz CT molecular complexity index is 68.8. The second-order valence-corrected chi connectivity index (χ2v) is 1.02. The van der Waals surface area contributed by atoms with Crippen LogP contribution in [0.15, 0.2) is 0 Å². The fourth-order valence-corrected chi connectivity index (χ4v) is 0.269. The van der Waals surface area contributed by atoms with Crippen LogP contribution in [-0.4, -0.2) is 22.6 Å². The van der Waals surface area contributed by atoms with Gasteiger partial charge in [-0.2, -0.15) is 0 Å². The highest BCUT2D eigenvalue weighted by molar-refractivity contribution is 6.65. The molecule has 43 valence electrons. The molecule has 1 fully saturated rings. The molecule has 3 radical (unpaired) electrons. The van der Waals surface area contributed by atoms with Crippen LogP contribution in [0.2, 0.25) is 0 Å². The molecular formula is H3B3N6-. The van der Waals surface area contributed by atoms with E-state index < -0.39 is 0 Å². The van der Waals surface area contributed by atoms with E-state index in [0.29, 0.717) is 0 Å². The van der Waals surface area contributed by atoms with Crippen molar-refractivity contribution >= 4 is 22.6 Å². The van der Waals surface area contributed by atoms with Crippen LogP contribution in [0.1, 0.15) is 0 Å². The van der Waals surface area contributed by atoms with Gasteiger partial charge in [-0.3, -0.25) is 4.91 Å². The number of rotatable bonds is 0. The highest BCUT2D eigenvalue weighted by Crippen LogP contribution is 1.46. The highest BCUT2D eigenvalue weighted by atomic mass is 15.0. The van der Waals surface area contributed by atoms with Crippen molar-refractivity contribution in [2.75, 3.05) is 0 Å². The predicted molar refractivity (Wildman–Crippen MR) is 36.7 cm³/mol. The molecule has 0 aromatic heterocycles. The first-order valence-corrected chi connectivity index (χ1v) is 2.13. The van der Waals surface area contributed by atoms with Crippen LogP contribution >= 0.6 is 0 Å². The van der Waals surface area contributed by atoms with E-state index in [1.807, 2.05) is 0 Å². The lowest BCUT2D eigenvalue weighted by atomic mass is 9.85. The first-order chi connectivity index (χ1) is 4.41. The molecule has 0 aromatic rings. The molecule has 9 heavy (non-hydrogen) atoms. The summed E-state index contributed by atoms with van der Waals surface area (Å²) in [5.74, 6) is 0. The van der Waals surface area contributed by atoms with E-state index in [1.54, 1.807) is 22.6 Å². The summed E-state index contributed by atoms with van der Waals surface area (Å²) in [6.45, 7) is 0. The third-order valence-electron chi connectivity index (χ3n) is 0.500. The molecule has 0 amide bonds. The van der Waals surface area contributed by atoms with Crippen molar-refractivity contribution < 1.29 is 0 Å². The van der Waals surface area contributed by atoms with Crippen molar-refractivity contribution in [2.24, 2.45) is 0 Å². The molecule has 0 aromatic carbocycles. The van der Waals surface area contributed by atoms with E-state index >= 15 is 0 Å². The van der Waals surface area contributed by atoms with E-state index in [-0.39, 0.29) is 0 Å². The average Bonchev–Trinajstić information content (AvgIpc) is 1.93. The second-order valence-electron chi connectivity index (χ2n) is 1.02. The zero-order valence-corrected chi connectivity index (χ0v) is 4.57. The van der Waals surface area contributed by atoms with Crippen LogP contribution in [0.25, 0.3) is 16.0 Å². The molecule has 9 heteroatoms. The quantitative estimate of drug-likeness (QED) is 0.153. The van der Waals surface area contributed by atoms with Crippen molar-refractivity contribution in [2.45, 2.75) is 0 Å². The summed E-state index contributed by atoms with van der Waals surface area (Å²) < 4.78 is 0. The minimum absolute atomic E-state index is 1.50. The molecule has 1 saturated heterocycles. The van der Waals surface area contributed by atoms with Crippen molar-refractivity contribution in [3.8, 4) is 0 Å². The Morgan fingerprint density at radius 1 is 0.889 bits per heavy atom. The van der Waals surface area contributed by atoms with Gasteiger partial charge in [0.1, 0.15) is 0 Å². The minimum Gasteiger partial charge on any atom is -0.379 e. The summed E-state index contributed by atoms with van der Waals surface area (Å²) in [7, 11) is 5.16. The summed E-state index contributed by atoms with van der Waals surface area (Å²) in [5, 5.41) is 8.34. The van der Waals surface area contributed by atoms with Crippen LogP contribution in [-0.2, 0) is 0 Å². The van der Waals surface area contributed by atoms with E-state index in [1.165, 1.54) is 4.91 Å². The Balaban J connectivity index is 0.000000187. The number of hydrogen-bond acceptors (Lipinski definition) is 3. The Hall–Kier alpha value is -0.615. The smallest absolute Gasteiger partial charge is 0.284 e. The van der Waals surface area contributed by atoms with Crippen LogP contribution in [0.5, 0.6) is 0 Å². The highest BCUT2D eigenvalue weighted by Gasteiger charge is 1.98. The fraction of sp³-hybridized carbons (Fsp3) is 0. The Morgan fingerprint density at radius 3 is 1.22 bits per heavy atom. The van der Waals surface area contributed by atoms with Gasteiger partial charge in [-0.05, 0) is 0 Å². The van der Waals surface area contributed by atoms with E-state index in [9.17, 15) is 0 Å². The molecule has 1 aliphatic heterocycles. The Kier molecular flexibility index (Phi) is 6.88. The van der Waals surface area contributed by atoms with E-state index in [4.69, 9.17) is 11.1 Å². The second kappa shape index (κ2) is 7.38. The molecule has 0 unspecified atom stereocenters. The molecule has 0 bridgehead atoms. The predicted octanol–water partition coefficient (Wildman–Crippen LogP) is -1.76. The monoisotopic (exact) mass is 120 g/mol. The van der Waals surface area contributed by atoms with Crippen molar-refractivity contribution in [3.63, 3.8) is 0 Å². The summed E-state index contributed by atoms with van der Waals surface area (Å²) in [5.41, 5.74) is 13.5. The first-order valence-electron chi connectivity index (χ1n) is 2.13. The van der Waals surface area contributed by atoms with Gasteiger partial charge in [0.05, 0.1) is 0 Å². The van der Waals surface area contributed by atoms with Crippen LogP contribution in [0.4, 0.5) is 0 Å². The molecule has 1 rings (SSSR count). The van der Waals surface area contributed by atoms with Crippen LogP contribution in [0.3, 0.4) is 0 Å². The molecule has 3 N–H and O–H groups in total. The third kappa shape index (κ3) is 7.38.